The SMILES string of the molecule is COc1cc([C@@H]2c3cc4c(cc3[C@@H](NC(=O)CCCNCCCCCNCCCCCN)[C@H]3COC(O)[C@H]23)OCO4)cc(OC)c1O. The molecule has 5 rings (SSSR count). The lowest BCUT2D eigenvalue weighted by Crippen LogP contribution is -2.43. The molecule has 0 radical (unpaired) electrons. The van der Waals surface area contributed by atoms with Crippen molar-refractivity contribution in [3.63, 3.8) is 0 Å². The lowest BCUT2D eigenvalue weighted by atomic mass is 9.65. The summed E-state index contributed by atoms with van der Waals surface area (Å²) >= 11 is 0. The zero-order valence-corrected chi connectivity index (χ0v) is 27.7. The zero-order chi connectivity index (χ0) is 33.2. The van der Waals surface area contributed by atoms with E-state index in [0.717, 1.165) is 68.7 Å². The second-order valence-electron chi connectivity index (χ2n) is 12.6. The Labute approximate surface area is 277 Å². The van der Waals surface area contributed by atoms with Crippen LogP contribution in [0.3, 0.4) is 0 Å². The van der Waals surface area contributed by atoms with Crippen molar-refractivity contribution < 1.29 is 38.7 Å². The second kappa shape index (κ2) is 17.2. The van der Waals surface area contributed by atoms with Crippen molar-refractivity contribution in [2.24, 2.45) is 17.6 Å². The van der Waals surface area contributed by atoms with Crippen LogP contribution in [0.1, 0.15) is 80.0 Å². The molecule has 1 saturated heterocycles. The van der Waals surface area contributed by atoms with Crippen molar-refractivity contribution in [3.8, 4) is 28.7 Å². The molecule has 0 bridgehead atoms. The Morgan fingerprint density at radius 2 is 1.47 bits per heavy atom. The zero-order valence-electron chi connectivity index (χ0n) is 27.7. The van der Waals surface area contributed by atoms with Gasteiger partial charge in [-0.05, 0) is 106 Å². The highest BCUT2D eigenvalue weighted by Gasteiger charge is 2.52. The van der Waals surface area contributed by atoms with E-state index in [1.807, 2.05) is 12.1 Å². The monoisotopic (exact) mass is 656 g/mol. The molecule has 3 aliphatic rings. The fourth-order valence-corrected chi connectivity index (χ4v) is 7.12. The first-order valence-corrected chi connectivity index (χ1v) is 17.1. The average molecular weight is 657 g/mol. The van der Waals surface area contributed by atoms with Gasteiger partial charge in [0.05, 0.1) is 26.9 Å². The Hall–Kier alpha value is -3.29. The van der Waals surface area contributed by atoms with Gasteiger partial charge in [0.15, 0.2) is 29.3 Å². The van der Waals surface area contributed by atoms with E-state index in [1.54, 1.807) is 12.1 Å². The van der Waals surface area contributed by atoms with Crippen LogP contribution in [0.15, 0.2) is 24.3 Å². The van der Waals surface area contributed by atoms with Gasteiger partial charge in [-0.1, -0.05) is 12.8 Å². The number of methoxy groups -OCH3 is 2. The summed E-state index contributed by atoms with van der Waals surface area (Å²) in [6.07, 6.45) is 6.98. The number of unbranched alkanes of at least 4 members (excludes halogenated alkanes) is 4. The van der Waals surface area contributed by atoms with Crippen molar-refractivity contribution >= 4 is 5.91 Å². The summed E-state index contributed by atoms with van der Waals surface area (Å²) in [5, 5.41) is 32.0. The van der Waals surface area contributed by atoms with Crippen LogP contribution in [0.2, 0.25) is 0 Å². The fraction of sp³-hybridized carbons (Fsp3) is 0.629. The number of carbonyl (C=O) groups is 1. The molecule has 2 aromatic rings. The number of carbonyl (C=O) groups excluding carboxylic acids is 1. The van der Waals surface area contributed by atoms with Gasteiger partial charge in [-0.15, -0.1) is 0 Å². The number of ether oxygens (including phenoxy) is 5. The molecule has 1 amide bonds. The first-order chi connectivity index (χ1) is 23.0. The number of fused-ring (bicyclic) bond motifs is 3. The summed E-state index contributed by atoms with van der Waals surface area (Å²) in [4.78, 5) is 13.3. The molecule has 0 aromatic heterocycles. The number of nitrogens with one attached hydrogen (secondary N) is 3. The Morgan fingerprint density at radius 3 is 2.09 bits per heavy atom. The fourth-order valence-electron chi connectivity index (χ4n) is 7.12. The van der Waals surface area contributed by atoms with Crippen LogP contribution in [-0.4, -0.2) is 82.8 Å². The van der Waals surface area contributed by atoms with Gasteiger partial charge in [0.25, 0.3) is 0 Å². The van der Waals surface area contributed by atoms with Gasteiger partial charge < -0.3 is 55.6 Å². The van der Waals surface area contributed by atoms with Crippen LogP contribution >= 0.6 is 0 Å². The molecular weight excluding hydrogens is 604 g/mol. The number of phenolic OH excluding ortho intramolecular Hbond substituents is 1. The van der Waals surface area contributed by atoms with Crippen molar-refractivity contribution in [1.29, 1.82) is 0 Å². The van der Waals surface area contributed by atoms with E-state index in [-0.39, 0.29) is 54.3 Å². The Kier molecular flexibility index (Phi) is 12.8. The molecule has 1 unspecified atom stereocenters. The van der Waals surface area contributed by atoms with E-state index < -0.39 is 12.3 Å². The van der Waals surface area contributed by atoms with Gasteiger partial charge in [-0.3, -0.25) is 4.79 Å². The molecule has 2 aromatic carbocycles. The molecule has 2 aliphatic heterocycles. The normalized spacial score (nSPS) is 22.5. The van der Waals surface area contributed by atoms with Crippen molar-refractivity contribution in [3.05, 3.63) is 41.0 Å². The molecular formula is C35H52N4O8. The number of aromatic hydroxyl groups is 1. The van der Waals surface area contributed by atoms with E-state index in [4.69, 9.17) is 29.4 Å². The van der Waals surface area contributed by atoms with Crippen molar-refractivity contribution in [2.45, 2.75) is 69.6 Å². The average Bonchev–Trinajstić information content (AvgIpc) is 3.70. The van der Waals surface area contributed by atoms with E-state index in [2.05, 4.69) is 16.0 Å². The molecule has 5 atom stereocenters. The maximum Gasteiger partial charge on any atom is 0.231 e. The highest BCUT2D eigenvalue weighted by molar-refractivity contribution is 5.77. The molecule has 1 fully saturated rings. The number of nitrogens with two attached hydrogens (primary N) is 1. The maximum atomic E-state index is 13.3. The molecule has 12 nitrogen and oxygen atoms in total. The van der Waals surface area contributed by atoms with E-state index >= 15 is 0 Å². The van der Waals surface area contributed by atoms with Gasteiger partial charge in [-0.25, -0.2) is 0 Å². The summed E-state index contributed by atoms with van der Waals surface area (Å²) in [7, 11) is 2.96. The number of rotatable bonds is 19. The third kappa shape index (κ3) is 8.42. The number of benzene rings is 2. The lowest BCUT2D eigenvalue weighted by Gasteiger charge is -2.41. The van der Waals surface area contributed by atoms with Crippen LogP contribution in [-0.2, 0) is 9.53 Å². The Balaban J connectivity index is 1.20. The topological polar surface area (TPSA) is 166 Å². The molecule has 2 heterocycles. The van der Waals surface area contributed by atoms with Crippen LogP contribution in [0.4, 0.5) is 0 Å². The predicted octanol–water partition coefficient (Wildman–Crippen LogP) is 3.28. The maximum absolute atomic E-state index is 13.3. The van der Waals surface area contributed by atoms with Crippen LogP contribution < -0.4 is 40.6 Å². The Morgan fingerprint density at radius 1 is 0.872 bits per heavy atom. The predicted molar refractivity (Wildman–Crippen MR) is 177 cm³/mol. The van der Waals surface area contributed by atoms with Crippen molar-refractivity contribution in [1.82, 2.24) is 16.0 Å². The lowest BCUT2D eigenvalue weighted by molar-refractivity contribution is -0.122. The first kappa shape index (κ1) is 35.0. The van der Waals surface area contributed by atoms with Gasteiger partial charge in [0, 0.05) is 24.2 Å². The number of aliphatic hydroxyl groups excluding tert-OH is 1. The smallest absolute Gasteiger partial charge is 0.231 e. The van der Waals surface area contributed by atoms with E-state index in [0.29, 0.717) is 17.9 Å². The standard InChI is InChI=1S/C35H52N4O8/c1-43-28-16-22(17-29(44-2)34(28)41)31-23-18-26-27(47-21-46-26)19-24(23)33(25-20-45-35(42)32(25)31)39-30(40)10-9-15-38-14-8-4-7-13-37-12-6-3-5-11-36/h16-19,25,31-33,35,37-38,41-42H,3-15,20-21,36H2,1-2H3,(H,39,40)/t25-,31+,32-,33+,35?/m0/s1. The number of hydrogen-bond donors (Lipinski definition) is 6. The summed E-state index contributed by atoms with van der Waals surface area (Å²) in [6, 6.07) is 6.98. The minimum Gasteiger partial charge on any atom is -0.502 e. The highest BCUT2D eigenvalue weighted by Crippen LogP contribution is 2.56. The minimum absolute atomic E-state index is 0.0514. The van der Waals surface area contributed by atoms with Crippen LogP contribution in [0, 0.1) is 11.8 Å². The molecule has 260 valence electrons. The quantitative estimate of drug-likeness (QED) is 0.123. The number of hydrogen-bond acceptors (Lipinski definition) is 11. The molecule has 12 heteroatoms. The van der Waals surface area contributed by atoms with Gasteiger partial charge in [0.2, 0.25) is 18.4 Å². The third-order valence-electron chi connectivity index (χ3n) is 9.54. The molecule has 0 spiro atoms. The first-order valence-electron chi connectivity index (χ1n) is 17.1. The molecule has 0 saturated carbocycles. The van der Waals surface area contributed by atoms with Crippen LogP contribution in [0.25, 0.3) is 0 Å². The van der Waals surface area contributed by atoms with Gasteiger partial charge in [0.1, 0.15) is 0 Å². The summed E-state index contributed by atoms with van der Waals surface area (Å²) in [5.74, 6) is 0.625. The second-order valence-corrected chi connectivity index (χ2v) is 12.6. The number of phenols is 1. The number of aliphatic hydroxyl groups is 1. The van der Waals surface area contributed by atoms with E-state index in [1.165, 1.54) is 39.9 Å². The van der Waals surface area contributed by atoms with Crippen molar-refractivity contribution in [2.75, 3.05) is 60.3 Å². The highest BCUT2D eigenvalue weighted by atomic mass is 16.7. The van der Waals surface area contributed by atoms with Gasteiger partial charge >= 0.3 is 0 Å². The summed E-state index contributed by atoms with van der Waals surface area (Å²) < 4.78 is 28.2. The molecule has 7 N–H and O–H groups in total. The Bertz CT molecular complexity index is 1300. The largest absolute Gasteiger partial charge is 0.502 e. The summed E-state index contributed by atoms with van der Waals surface area (Å²) in [5.41, 5.74) is 8.08. The minimum atomic E-state index is -1.06. The third-order valence-corrected chi connectivity index (χ3v) is 9.54. The molecule has 1 aliphatic carbocycles. The van der Waals surface area contributed by atoms with Gasteiger partial charge in [-0.2, -0.15) is 0 Å². The number of amides is 1. The summed E-state index contributed by atoms with van der Waals surface area (Å²) in [6.45, 7) is 4.99. The van der Waals surface area contributed by atoms with Crippen LogP contribution in [0.5, 0.6) is 28.7 Å². The molecule has 47 heavy (non-hydrogen) atoms. The van der Waals surface area contributed by atoms with E-state index in [9.17, 15) is 15.0 Å².